The van der Waals surface area contributed by atoms with Crippen LogP contribution >= 0.6 is 0 Å². The molecule has 258 valence electrons. The molecule has 2 aliphatic rings. The normalized spacial score (nSPS) is 15.2. The van der Waals surface area contributed by atoms with Gasteiger partial charge >= 0.3 is 5.97 Å². The number of nitrogens with zero attached hydrogens (tertiary/aromatic N) is 2. The second-order valence-electron chi connectivity index (χ2n) is 13.5. The first kappa shape index (κ1) is 32.3. The molecule has 1 spiro atoms. The molecule has 5 nitrogen and oxygen atoms in total. The van der Waals surface area contributed by atoms with Gasteiger partial charge in [-0.15, -0.1) is 0 Å². The minimum Gasteiger partial charge on any atom is -0.456 e. The molecule has 0 saturated carbocycles. The molecule has 7 aromatic carbocycles. The van der Waals surface area contributed by atoms with E-state index in [1.807, 2.05) is 60.7 Å². The van der Waals surface area contributed by atoms with Gasteiger partial charge in [0.15, 0.2) is 5.60 Å². The summed E-state index contributed by atoms with van der Waals surface area (Å²) in [7, 11) is 0. The van der Waals surface area contributed by atoms with Crippen molar-refractivity contribution < 1.29 is 14.3 Å². The number of carbonyl (C=O) groups is 1. The van der Waals surface area contributed by atoms with Crippen LogP contribution in [-0.2, 0) is 23.2 Å². The van der Waals surface area contributed by atoms with Gasteiger partial charge in [-0.2, -0.15) is 0 Å². The molecule has 9 rings (SSSR count). The second kappa shape index (κ2) is 13.2. The molecule has 0 aliphatic carbocycles. The third kappa shape index (κ3) is 5.44. The molecule has 2 heterocycles. The van der Waals surface area contributed by atoms with E-state index < -0.39 is 5.60 Å². The second-order valence-corrected chi connectivity index (χ2v) is 13.5. The fourth-order valence-corrected chi connectivity index (χ4v) is 7.80. The average Bonchev–Trinajstić information content (AvgIpc) is 3.50. The number of hydrogen-bond acceptors (Lipinski definition) is 5. The van der Waals surface area contributed by atoms with E-state index in [-0.39, 0.29) is 5.97 Å². The monoisotopic (exact) mass is 690 g/mol. The molecule has 0 amide bonds. The quantitative estimate of drug-likeness (QED) is 0.149. The summed E-state index contributed by atoms with van der Waals surface area (Å²) >= 11 is 0. The molecule has 53 heavy (non-hydrogen) atoms. The highest BCUT2D eigenvalue weighted by molar-refractivity contribution is 5.98. The van der Waals surface area contributed by atoms with Crippen LogP contribution in [-0.4, -0.2) is 5.97 Å². The Morgan fingerprint density at radius 1 is 0.453 bits per heavy atom. The molecule has 5 heteroatoms. The van der Waals surface area contributed by atoms with Crippen LogP contribution in [0.5, 0.6) is 11.5 Å². The topological polar surface area (TPSA) is 42.0 Å². The Morgan fingerprint density at radius 3 is 1.58 bits per heavy atom. The van der Waals surface area contributed by atoms with Crippen LogP contribution in [0.25, 0.3) is 0 Å². The summed E-state index contributed by atoms with van der Waals surface area (Å²) < 4.78 is 13.4. The van der Waals surface area contributed by atoms with Gasteiger partial charge < -0.3 is 19.3 Å². The lowest BCUT2D eigenvalue weighted by atomic mass is 9.77. The highest BCUT2D eigenvalue weighted by atomic mass is 16.6. The minimum absolute atomic E-state index is 0.361. The first-order valence-electron chi connectivity index (χ1n) is 18.3. The van der Waals surface area contributed by atoms with E-state index in [2.05, 4.69) is 133 Å². The van der Waals surface area contributed by atoms with Crippen molar-refractivity contribution in [2.24, 2.45) is 0 Å². The predicted octanol–water partition coefficient (Wildman–Crippen LogP) is 12.3. The zero-order chi connectivity index (χ0) is 35.9. The Hall–Kier alpha value is -6.59. The van der Waals surface area contributed by atoms with E-state index in [4.69, 9.17) is 9.47 Å². The maximum absolute atomic E-state index is 14.0. The standard InChI is InChI=1S/C48H38N2O3/c1-3-33-15-13-21-37(29-33)49(35-17-7-5-8-18-35)39-25-27-41-44(31-39)48(53-47(41)51)42-23-11-12-24-45(42)52-46-32-40(26-28-43(46)48)50(36-19-9-6-10-20-36)38-22-14-16-34(4-2)30-38/h5-32H,3-4H2,1-2H3. The molecule has 1 unspecified atom stereocenters. The number of fused-ring (bicyclic) bond motifs is 6. The van der Waals surface area contributed by atoms with Gasteiger partial charge in [-0.3, -0.25) is 0 Å². The Morgan fingerprint density at radius 2 is 0.962 bits per heavy atom. The first-order chi connectivity index (χ1) is 26.1. The first-order valence-corrected chi connectivity index (χ1v) is 18.3. The maximum Gasteiger partial charge on any atom is 0.340 e. The van der Waals surface area contributed by atoms with Crippen LogP contribution < -0.4 is 14.5 Å². The van der Waals surface area contributed by atoms with E-state index in [0.717, 1.165) is 63.7 Å². The predicted molar refractivity (Wildman–Crippen MR) is 213 cm³/mol. The Bertz CT molecular complexity index is 2480. The van der Waals surface area contributed by atoms with Crippen molar-refractivity contribution in [1.29, 1.82) is 0 Å². The summed E-state index contributed by atoms with van der Waals surface area (Å²) in [5.74, 6) is 0.924. The number of para-hydroxylation sites is 3. The number of esters is 1. The van der Waals surface area contributed by atoms with Gasteiger partial charge in [-0.1, -0.05) is 92.7 Å². The maximum atomic E-state index is 14.0. The highest BCUT2D eigenvalue weighted by Gasteiger charge is 2.53. The van der Waals surface area contributed by atoms with Crippen LogP contribution in [0.3, 0.4) is 0 Å². The van der Waals surface area contributed by atoms with Gasteiger partial charge in [0.1, 0.15) is 11.5 Å². The third-order valence-corrected chi connectivity index (χ3v) is 10.4. The lowest BCUT2D eigenvalue weighted by Gasteiger charge is -2.37. The van der Waals surface area contributed by atoms with Crippen LogP contribution in [0.1, 0.15) is 52.0 Å². The molecular formula is C48H38N2O3. The molecule has 0 saturated heterocycles. The average molecular weight is 691 g/mol. The van der Waals surface area contributed by atoms with Crippen molar-refractivity contribution in [2.75, 3.05) is 9.80 Å². The van der Waals surface area contributed by atoms with Gasteiger partial charge in [0, 0.05) is 56.9 Å². The zero-order valence-electron chi connectivity index (χ0n) is 29.7. The lowest BCUT2D eigenvalue weighted by molar-refractivity contribution is 0.0224. The van der Waals surface area contributed by atoms with Crippen LogP contribution in [0, 0.1) is 0 Å². The van der Waals surface area contributed by atoms with E-state index in [1.165, 1.54) is 11.1 Å². The van der Waals surface area contributed by atoms with Crippen molar-refractivity contribution in [3.8, 4) is 11.5 Å². The van der Waals surface area contributed by atoms with E-state index in [1.54, 1.807) is 0 Å². The van der Waals surface area contributed by atoms with Crippen molar-refractivity contribution in [1.82, 2.24) is 0 Å². The number of aryl methyl sites for hydroxylation is 2. The number of hydrogen-bond donors (Lipinski definition) is 0. The Balaban J connectivity index is 1.24. The summed E-state index contributed by atoms with van der Waals surface area (Å²) in [6, 6.07) is 58.1. The van der Waals surface area contributed by atoms with E-state index >= 15 is 0 Å². The molecule has 0 radical (unpaired) electrons. The molecular weight excluding hydrogens is 653 g/mol. The summed E-state index contributed by atoms with van der Waals surface area (Å²) in [5.41, 5.74) is 10.2. The molecule has 2 aliphatic heterocycles. The summed E-state index contributed by atoms with van der Waals surface area (Å²) in [6.45, 7) is 4.34. The van der Waals surface area contributed by atoms with E-state index in [9.17, 15) is 4.79 Å². The van der Waals surface area contributed by atoms with Crippen LogP contribution in [0.15, 0.2) is 170 Å². The van der Waals surface area contributed by atoms with Gasteiger partial charge in [0.05, 0.1) is 5.56 Å². The molecule has 0 bridgehead atoms. The van der Waals surface area contributed by atoms with E-state index in [0.29, 0.717) is 17.1 Å². The Labute approximate surface area is 310 Å². The van der Waals surface area contributed by atoms with Crippen molar-refractivity contribution in [2.45, 2.75) is 32.3 Å². The number of anilines is 6. The SMILES string of the molecule is CCc1cccc(N(c2ccccc2)c2ccc3c(c2)Oc2ccccc2C32OC(=O)c3ccc(N(c4ccccc4)c4cccc(CC)c4)cc32)c1. The molecule has 0 fully saturated rings. The molecule has 0 aromatic heterocycles. The Kier molecular flexibility index (Phi) is 8.04. The highest BCUT2D eigenvalue weighted by Crippen LogP contribution is 2.57. The van der Waals surface area contributed by atoms with Crippen molar-refractivity contribution >= 4 is 40.1 Å². The summed E-state index contributed by atoms with van der Waals surface area (Å²) in [4.78, 5) is 18.5. The lowest BCUT2D eigenvalue weighted by Crippen LogP contribution is -2.33. The van der Waals surface area contributed by atoms with Gasteiger partial charge in [-0.25, -0.2) is 4.79 Å². The number of rotatable bonds is 8. The molecule has 0 N–H and O–H groups in total. The number of benzene rings is 7. The molecule has 1 atom stereocenters. The summed E-state index contributed by atoms with van der Waals surface area (Å²) in [6.07, 6.45) is 1.86. The summed E-state index contributed by atoms with van der Waals surface area (Å²) in [5, 5.41) is 0. The van der Waals surface area contributed by atoms with Crippen molar-refractivity contribution in [3.63, 3.8) is 0 Å². The van der Waals surface area contributed by atoms with Gasteiger partial charge in [0.2, 0.25) is 0 Å². The van der Waals surface area contributed by atoms with Crippen LogP contribution in [0.2, 0.25) is 0 Å². The minimum atomic E-state index is -1.22. The van der Waals surface area contributed by atoms with Crippen LogP contribution in [0.4, 0.5) is 34.1 Å². The number of carbonyl (C=O) groups excluding carboxylic acids is 1. The fourth-order valence-electron chi connectivity index (χ4n) is 7.80. The molecule has 7 aromatic rings. The fraction of sp³-hybridized carbons (Fsp3) is 0.104. The smallest absolute Gasteiger partial charge is 0.340 e. The zero-order valence-corrected chi connectivity index (χ0v) is 29.7. The van der Waals surface area contributed by atoms with Gasteiger partial charge in [0.25, 0.3) is 0 Å². The van der Waals surface area contributed by atoms with Crippen molar-refractivity contribution in [3.05, 3.63) is 203 Å². The largest absolute Gasteiger partial charge is 0.456 e. The third-order valence-electron chi connectivity index (χ3n) is 10.4. The number of ether oxygens (including phenoxy) is 2. The van der Waals surface area contributed by atoms with Gasteiger partial charge in [-0.05, 0) is 109 Å².